The lowest BCUT2D eigenvalue weighted by Crippen LogP contribution is -2.53. The molecule has 0 radical (unpaired) electrons. The molecule has 152 valence electrons. The highest BCUT2D eigenvalue weighted by Crippen LogP contribution is 2.16. The Bertz CT molecular complexity index is 979. The first-order valence-corrected chi connectivity index (χ1v) is 9.50. The minimum atomic E-state index is -0.0521. The molecule has 1 aliphatic rings. The first-order chi connectivity index (χ1) is 13.7. The fourth-order valence-corrected chi connectivity index (χ4v) is 3.54. The Kier molecular flexibility index (Phi) is 7.13. The summed E-state index contributed by atoms with van der Waals surface area (Å²) in [5.41, 5.74) is 1.21. The van der Waals surface area contributed by atoms with Crippen LogP contribution in [-0.2, 0) is 6.54 Å². The molecule has 0 aliphatic carbocycles. The largest absolute Gasteiger partial charge is 0.459 e. The molecule has 4 rings (SSSR count). The molecule has 0 bridgehead atoms. The molecule has 1 amide bonds. The van der Waals surface area contributed by atoms with Gasteiger partial charge in [-0.3, -0.25) is 9.79 Å². The van der Waals surface area contributed by atoms with Gasteiger partial charge in [0.2, 0.25) is 0 Å². The van der Waals surface area contributed by atoms with E-state index in [2.05, 4.69) is 57.7 Å². The molecule has 29 heavy (non-hydrogen) atoms. The molecule has 2 heterocycles. The fraction of sp³-hybridized carbons (Fsp3) is 0.273. The topological polar surface area (TPSA) is 61.1 Å². The predicted octanol–water partition coefficient (Wildman–Crippen LogP) is 3.58. The van der Waals surface area contributed by atoms with Gasteiger partial charge >= 0.3 is 0 Å². The van der Waals surface area contributed by atoms with E-state index >= 15 is 0 Å². The Labute approximate surface area is 187 Å². The third kappa shape index (κ3) is 4.90. The van der Waals surface area contributed by atoms with Crippen LogP contribution >= 0.6 is 24.0 Å². The number of hydrogen-bond acceptors (Lipinski definition) is 3. The molecule has 0 saturated carbocycles. The smallest absolute Gasteiger partial charge is 0.289 e. The van der Waals surface area contributed by atoms with Crippen LogP contribution in [0.25, 0.3) is 10.8 Å². The lowest BCUT2D eigenvalue weighted by molar-refractivity contribution is 0.0657. The number of carbonyl (C=O) groups excluding carboxylic acids is 1. The van der Waals surface area contributed by atoms with Crippen molar-refractivity contribution < 1.29 is 9.21 Å². The van der Waals surface area contributed by atoms with Crippen molar-refractivity contribution in [3.8, 4) is 0 Å². The van der Waals surface area contributed by atoms with Gasteiger partial charge < -0.3 is 19.5 Å². The first-order valence-electron chi connectivity index (χ1n) is 9.50. The van der Waals surface area contributed by atoms with E-state index in [1.165, 1.54) is 22.6 Å². The zero-order chi connectivity index (χ0) is 19.3. The Morgan fingerprint density at radius 1 is 1.00 bits per heavy atom. The van der Waals surface area contributed by atoms with E-state index in [1.54, 1.807) is 19.2 Å². The quantitative estimate of drug-likeness (QED) is 0.337. The van der Waals surface area contributed by atoms with Gasteiger partial charge in [0, 0.05) is 39.8 Å². The summed E-state index contributed by atoms with van der Waals surface area (Å²) in [6.45, 7) is 3.49. The minimum Gasteiger partial charge on any atom is -0.459 e. The molecular weight excluding hydrogens is 479 g/mol. The van der Waals surface area contributed by atoms with Crippen molar-refractivity contribution in [2.45, 2.75) is 6.54 Å². The minimum absolute atomic E-state index is 0. The van der Waals surface area contributed by atoms with Gasteiger partial charge in [-0.1, -0.05) is 36.4 Å². The van der Waals surface area contributed by atoms with E-state index in [-0.39, 0.29) is 29.9 Å². The molecule has 1 aliphatic heterocycles. The zero-order valence-corrected chi connectivity index (χ0v) is 18.7. The number of fused-ring (bicyclic) bond motifs is 1. The molecule has 7 heteroatoms. The van der Waals surface area contributed by atoms with Gasteiger partial charge in [0.1, 0.15) is 0 Å². The number of aliphatic imine (C=N–C) groups is 1. The highest BCUT2D eigenvalue weighted by molar-refractivity contribution is 14.0. The van der Waals surface area contributed by atoms with Crippen LogP contribution < -0.4 is 5.32 Å². The molecule has 0 unspecified atom stereocenters. The van der Waals surface area contributed by atoms with Crippen molar-refractivity contribution in [3.63, 3.8) is 0 Å². The Hall–Kier alpha value is -2.55. The predicted molar refractivity (Wildman–Crippen MR) is 126 cm³/mol. The highest BCUT2D eigenvalue weighted by Gasteiger charge is 2.25. The van der Waals surface area contributed by atoms with Crippen LogP contribution in [0.4, 0.5) is 0 Å². The van der Waals surface area contributed by atoms with Crippen LogP contribution in [-0.4, -0.2) is 54.9 Å². The van der Waals surface area contributed by atoms with Crippen LogP contribution in [0.15, 0.2) is 70.3 Å². The van der Waals surface area contributed by atoms with Crippen molar-refractivity contribution in [3.05, 3.63) is 72.2 Å². The Balaban J connectivity index is 0.00000240. The average Bonchev–Trinajstić information content (AvgIpc) is 3.29. The highest BCUT2D eigenvalue weighted by atomic mass is 127. The van der Waals surface area contributed by atoms with Gasteiger partial charge in [-0.15, -0.1) is 24.0 Å². The van der Waals surface area contributed by atoms with Crippen LogP contribution in [0.5, 0.6) is 0 Å². The summed E-state index contributed by atoms with van der Waals surface area (Å²) in [5, 5.41) is 5.93. The Morgan fingerprint density at radius 2 is 1.72 bits per heavy atom. The van der Waals surface area contributed by atoms with Gasteiger partial charge in [-0.05, 0) is 34.5 Å². The summed E-state index contributed by atoms with van der Waals surface area (Å²) in [6, 6.07) is 18.3. The zero-order valence-electron chi connectivity index (χ0n) is 16.4. The first kappa shape index (κ1) is 21.2. The summed E-state index contributed by atoms with van der Waals surface area (Å²) < 4.78 is 5.22. The number of piperazine rings is 1. The number of halogens is 1. The number of rotatable bonds is 3. The van der Waals surface area contributed by atoms with Gasteiger partial charge in [0.05, 0.1) is 6.26 Å². The lowest BCUT2D eigenvalue weighted by atomic mass is 10.1. The van der Waals surface area contributed by atoms with E-state index in [0.29, 0.717) is 25.4 Å². The molecular formula is C22H25IN4O2. The van der Waals surface area contributed by atoms with E-state index < -0.39 is 0 Å². The van der Waals surface area contributed by atoms with Crippen molar-refractivity contribution in [1.29, 1.82) is 0 Å². The standard InChI is InChI=1S/C22H24N4O2.HI/c1-23-22(24-16-17-8-9-18-5-2-3-6-19(18)15-17)26-12-10-25(11-13-26)21(27)20-7-4-14-28-20;/h2-9,14-15H,10-13,16H2,1H3,(H,23,24);1H. The van der Waals surface area contributed by atoms with Gasteiger partial charge in [0.25, 0.3) is 5.91 Å². The maximum Gasteiger partial charge on any atom is 0.289 e. The average molecular weight is 504 g/mol. The summed E-state index contributed by atoms with van der Waals surface area (Å²) in [5.74, 6) is 1.20. The second kappa shape index (κ2) is 9.78. The molecule has 3 aromatic rings. The van der Waals surface area contributed by atoms with E-state index in [1.807, 2.05) is 4.90 Å². The molecule has 1 saturated heterocycles. The van der Waals surface area contributed by atoms with Crippen LogP contribution in [0, 0.1) is 0 Å². The van der Waals surface area contributed by atoms with Crippen molar-refractivity contribution in [2.75, 3.05) is 33.2 Å². The van der Waals surface area contributed by atoms with Crippen LogP contribution in [0.1, 0.15) is 16.1 Å². The number of amides is 1. The molecule has 6 nitrogen and oxygen atoms in total. The number of benzene rings is 2. The molecule has 2 aromatic carbocycles. The summed E-state index contributed by atoms with van der Waals surface area (Å²) in [6.07, 6.45) is 1.53. The van der Waals surface area contributed by atoms with Crippen LogP contribution in [0.3, 0.4) is 0 Å². The van der Waals surface area contributed by atoms with Crippen molar-refractivity contribution >= 4 is 46.6 Å². The number of furan rings is 1. The monoisotopic (exact) mass is 504 g/mol. The molecule has 0 spiro atoms. The van der Waals surface area contributed by atoms with Gasteiger partial charge in [-0.25, -0.2) is 0 Å². The maximum absolute atomic E-state index is 12.4. The number of guanidine groups is 1. The van der Waals surface area contributed by atoms with E-state index in [9.17, 15) is 4.79 Å². The van der Waals surface area contributed by atoms with Gasteiger partial charge in [0.15, 0.2) is 11.7 Å². The normalized spacial score (nSPS) is 14.6. The third-order valence-corrected chi connectivity index (χ3v) is 5.07. The van der Waals surface area contributed by atoms with Crippen LogP contribution in [0.2, 0.25) is 0 Å². The van der Waals surface area contributed by atoms with Crippen molar-refractivity contribution in [2.24, 2.45) is 4.99 Å². The van der Waals surface area contributed by atoms with Crippen molar-refractivity contribution in [1.82, 2.24) is 15.1 Å². The van der Waals surface area contributed by atoms with E-state index in [0.717, 1.165) is 19.0 Å². The number of nitrogens with zero attached hydrogens (tertiary/aromatic N) is 3. The van der Waals surface area contributed by atoms with E-state index in [4.69, 9.17) is 4.42 Å². The second-order valence-corrected chi connectivity index (χ2v) is 6.84. The molecule has 1 N–H and O–H groups in total. The van der Waals surface area contributed by atoms with Gasteiger partial charge in [-0.2, -0.15) is 0 Å². The third-order valence-electron chi connectivity index (χ3n) is 5.07. The Morgan fingerprint density at radius 3 is 2.41 bits per heavy atom. The number of hydrogen-bond donors (Lipinski definition) is 1. The maximum atomic E-state index is 12.4. The number of carbonyl (C=O) groups is 1. The molecule has 0 atom stereocenters. The fourth-order valence-electron chi connectivity index (χ4n) is 3.54. The number of nitrogens with one attached hydrogen (secondary N) is 1. The summed E-state index contributed by atoms with van der Waals surface area (Å²) in [4.78, 5) is 20.8. The SMILES string of the molecule is CN=C(NCc1ccc2ccccc2c1)N1CCN(C(=O)c2ccco2)CC1.I. The second-order valence-electron chi connectivity index (χ2n) is 6.84. The summed E-state index contributed by atoms with van der Waals surface area (Å²) in [7, 11) is 1.79. The molecule has 1 aromatic heterocycles. The molecule has 1 fully saturated rings. The summed E-state index contributed by atoms with van der Waals surface area (Å²) >= 11 is 0. The lowest BCUT2D eigenvalue weighted by Gasteiger charge is -2.36.